The zero-order valence-electron chi connectivity index (χ0n) is 10.2. The molecule has 0 saturated heterocycles. The van der Waals surface area contributed by atoms with Gasteiger partial charge in [0.25, 0.3) is 0 Å². The highest BCUT2D eigenvalue weighted by atomic mass is 19.4. The number of anilines is 1. The second kappa shape index (κ2) is 5.59. The molecule has 3 nitrogen and oxygen atoms in total. The molecule has 0 bridgehead atoms. The van der Waals surface area contributed by atoms with Crippen LogP contribution in [0.25, 0.3) is 0 Å². The normalized spacial score (nSPS) is 17.2. The smallest absolute Gasteiger partial charge is 0.382 e. The standard InChI is InChI=1S/C13H14F3N2O/c14-13(15,16)11-8-10(6-7-12(11)18-19)17-9-4-2-1-3-5-9/h1,6-9,17H,2-5H2. The van der Waals surface area contributed by atoms with Gasteiger partial charge in [0.2, 0.25) is 0 Å². The summed E-state index contributed by atoms with van der Waals surface area (Å²) in [6.07, 6.45) is 1.37. The molecule has 0 heterocycles. The lowest BCUT2D eigenvalue weighted by atomic mass is 9.95. The van der Waals surface area contributed by atoms with Crippen LogP contribution < -0.4 is 5.32 Å². The quantitative estimate of drug-likeness (QED) is 0.812. The molecule has 1 radical (unpaired) electrons. The summed E-state index contributed by atoms with van der Waals surface area (Å²) in [6, 6.07) is 3.70. The average molecular weight is 271 g/mol. The molecule has 0 amide bonds. The second-order valence-electron chi connectivity index (χ2n) is 4.61. The maximum Gasteiger partial charge on any atom is 0.418 e. The Morgan fingerprint density at radius 2 is 1.89 bits per heavy atom. The number of nitroso groups, excluding NO2 is 1. The molecule has 0 aromatic heterocycles. The summed E-state index contributed by atoms with van der Waals surface area (Å²) in [5.41, 5.74) is -1.18. The van der Waals surface area contributed by atoms with Crippen molar-refractivity contribution in [2.45, 2.75) is 37.9 Å². The van der Waals surface area contributed by atoms with Crippen molar-refractivity contribution in [3.05, 3.63) is 35.1 Å². The minimum atomic E-state index is -4.57. The van der Waals surface area contributed by atoms with Gasteiger partial charge in [-0.05, 0) is 55.5 Å². The molecule has 1 fully saturated rings. The molecule has 6 heteroatoms. The van der Waals surface area contributed by atoms with Crippen LogP contribution in [0.4, 0.5) is 24.5 Å². The van der Waals surface area contributed by atoms with Gasteiger partial charge >= 0.3 is 6.18 Å². The van der Waals surface area contributed by atoms with E-state index in [-0.39, 0.29) is 6.04 Å². The van der Waals surface area contributed by atoms with Crippen molar-refractivity contribution in [1.82, 2.24) is 0 Å². The lowest BCUT2D eigenvalue weighted by molar-refractivity contribution is -0.137. The summed E-state index contributed by atoms with van der Waals surface area (Å²) >= 11 is 0. The van der Waals surface area contributed by atoms with E-state index in [1.54, 1.807) is 0 Å². The molecule has 1 aliphatic carbocycles. The van der Waals surface area contributed by atoms with Crippen LogP contribution in [0.2, 0.25) is 0 Å². The van der Waals surface area contributed by atoms with E-state index in [0.29, 0.717) is 5.69 Å². The largest absolute Gasteiger partial charge is 0.418 e. The fourth-order valence-electron chi connectivity index (χ4n) is 2.24. The summed E-state index contributed by atoms with van der Waals surface area (Å²) in [7, 11) is 0. The zero-order valence-corrected chi connectivity index (χ0v) is 10.2. The summed E-state index contributed by atoms with van der Waals surface area (Å²) in [6.45, 7) is 0. The Morgan fingerprint density at radius 3 is 2.47 bits per heavy atom. The highest BCUT2D eigenvalue weighted by Crippen LogP contribution is 2.38. The number of halogens is 3. The van der Waals surface area contributed by atoms with Gasteiger partial charge in [-0.15, -0.1) is 4.91 Å². The van der Waals surface area contributed by atoms with Gasteiger partial charge < -0.3 is 5.32 Å². The van der Waals surface area contributed by atoms with Crippen LogP contribution in [-0.2, 0) is 6.18 Å². The van der Waals surface area contributed by atoms with Crippen LogP contribution in [-0.4, -0.2) is 6.04 Å². The van der Waals surface area contributed by atoms with E-state index in [0.717, 1.165) is 37.8 Å². The van der Waals surface area contributed by atoms with Crippen molar-refractivity contribution in [1.29, 1.82) is 0 Å². The molecule has 0 aliphatic heterocycles. The number of benzene rings is 1. The van der Waals surface area contributed by atoms with Crippen molar-refractivity contribution in [3.8, 4) is 0 Å². The first-order valence-corrected chi connectivity index (χ1v) is 6.13. The minimum Gasteiger partial charge on any atom is -0.382 e. The van der Waals surface area contributed by atoms with E-state index in [4.69, 9.17) is 0 Å². The van der Waals surface area contributed by atoms with E-state index in [1.165, 1.54) is 6.07 Å². The first-order chi connectivity index (χ1) is 9.00. The van der Waals surface area contributed by atoms with E-state index < -0.39 is 17.4 Å². The topological polar surface area (TPSA) is 41.5 Å². The highest BCUT2D eigenvalue weighted by Gasteiger charge is 2.34. The van der Waals surface area contributed by atoms with Gasteiger partial charge in [-0.25, -0.2) is 0 Å². The summed E-state index contributed by atoms with van der Waals surface area (Å²) < 4.78 is 38.3. The molecule has 0 atom stereocenters. The van der Waals surface area contributed by atoms with Crippen LogP contribution in [0.1, 0.15) is 31.2 Å². The van der Waals surface area contributed by atoms with Crippen molar-refractivity contribution in [2.24, 2.45) is 5.18 Å². The first-order valence-electron chi connectivity index (χ1n) is 6.13. The van der Waals surface area contributed by atoms with E-state index in [9.17, 15) is 18.1 Å². The van der Waals surface area contributed by atoms with Crippen LogP contribution in [0.5, 0.6) is 0 Å². The molecule has 0 spiro atoms. The van der Waals surface area contributed by atoms with E-state index >= 15 is 0 Å². The van der Waals surface area contributed by atoms with Gasteiger partial charge in [0.1, 0.15) is 5.69 Å². The lowest BCUT2D eigenvalue weighted by Crippen LogP contribution is -2.22. The molecule has 1 N–H and O–H groups in total. The molecular weight excluding hydrogens is 257 g/mol. The van der Waals surface area contributed by atoms with Gasteiger partial charge in [0.05, 0.1) is 5.56 Å². The third-order valence-electron chi connectivity index (χ3n) is 3.21. The number of nitrogens with one attached hydrogen (secondary N) is 1. The Kier molecular flexibility index (Phi) is 4.07. The van der Waals surface area contributed by atoms with Crippen molar-refractivity contribution in [2.75, 3.05) is 5.32 Å². The predicted octanol–water partition coefficient (Wildman–Crippen LogP) is 4.66. The molecule has 103 valence electrons. The number of alkyl halides is 3. The third-order valence-corrected chi connectivity index (χ3v) is 3.21. The maximum absolute atomic E-state index is 12.8. The summed E-state index contributed by atoms with van der Waals surface area (Å²) in [5, 5.41) is 5.50. The number of hydrogen-bond donors (Lipinski definition) is 1. The Balaban J connectivity index is 2.20. The SMILES string of the molecule is O=Nc1ccc(NC2CC[CH]CC2)cc1C(F)(F)F. The van der Waals surface area contributed by atoms with Gasteiger partial charge in [-0.1, -0.05) is 0 Å². The Morgan fingerprint density at radius 1 is 1.21 bits per heavy atom. The third kappa shape index (κ3) is 3.45. The summed E-state index contributed by atoms with van der Waals surface area (Å²) in [5.74, 6) is 0. The van der Waals surface area contributed by atoms with Crippen molar-refractivity contribution >= 4 is 11.4 Å². The van der Waals surface area contributed by atoms with Crippen LogP contribution in [0.15, 0.2) is 23.4 Å². The molecule has 1 saturated carbocycles. The molecule has 0 unspecified atom stereocenters. The van der Waals surface area contributed by atoms with E-state index in [2.05, 4.69) is 16.9 Å². The minimum absolute atomic E-state index is 0.182. The maximum atomic E-state index is 12.8. The Hall–Kier alpha value is -1.59. The predicted molar refractivity (Wildman–Crippen MR) is 67.1 cm³/mol. The van der Waals surface area contributed by atoms with Crippen LogP contribution >= 0.6 is 0 Å². The molecule has 1 aromatic carbocycles. The molecule has 2 rings (SSSR count). The molecule has 19 heavy (non-hydrogen) atoms. The number of rotatable bonds is 3. The van der Waals surface area contributed by atoms with Gasteiger partial charge in [-0.3, -0.25) is 0 Å². The lowest BCUT2D eigenvalue weighted by Gasteiger charge is -2.24. The highest BCUT2D eigenvalue weighted by molar-refractivity contribution is 5.58. The average Bonchev–Trinajstić information content (AvgIpc) is 2.39. The Bertz CT molecular complexity index is 454. The number of nitrogens with zero attached hydrogens (tertiary/aromatic N) is 1. The fraction of sp³-hybridized carbons (Fsp3) is 0.462. The second-order valence-corrected chi connectivity index (χ2v) is 4.61. The van der Waals surface area contributed by atoms with Gasteiger partial charge in [-0.2, -0.15) is 13.2 Å². The van der Waals surface area contributed by atoms with Gasteiger partial charge in [0.15, 0.2) is 0 Å². The molecular formula is C13H14F3N2O. The van der Waals surface area contributed by atoms with Crippen LogP contribution in [0.3, 0.4) is 0 Å². The fourth-order valence-corrected chi connectivity index (χ4v) is 2.24. The Labute approximate surface area is 109 Å². The van der Waals surface area contributed by atoms with Crippen LogP contribution in [0, 0.1) is 11.3 Å². The molecule has 1 aromatic rings. The summed E-state index contributed by atoms with van der Waals surface area (Å²) in [4.78, 5) is 10.4. The van der Waals surface area contributed by atoms with E-state index in [1.807, 2.05) is 0 Å². The van der Waals surface area contributed by atoms with Crippen molar-refractivity contribution in [3.63, 3.8) is 0 Å². The van der Waals surface area contributed by atoms with Gasteiger partial charge in [0, 0.05) is 11.7 Å². The van der Waals surface area contributed by atoms with Crippen molar-refractivity contribution < 1.29 is 13.2 Å². The monoisotopic (exact) mass is 271 g/mol. The number of hydrogen-bond acceptors (Lipinski definition) is 3. The first kappa shape index (κ1) is 13.8. The molecule has 1 aliphatic rings. The zero-order chi connectivity index (χ0) is 13.9.